The molecule has 0 aliphatic heterocycles. The fourth-order valence-corrected chi connectivity index (χ4v) is 4.20. The van der Waals surface area contributed by atoms with Crippen LogP contribution in [0.5, 0.6) is 17.4 Å². The molecule has 2 amide bonds. The summed E-state index contributed by atoms with van der Waals surface area (Å²) in [6.45, 7) is 12.2. The van der Waals surface area contributed by atoms with E-state index in [1.807, 2.05) is 18.2 Å². The Morgan fingerprint density at radius 3 is 2.30 bits per heavy atom. The van der Waals surface area contributed by atoms with E-state index in [0.717, 1.165) is 17.7 Å². The number of benzene rings is 2. The molecule has 0 fully saturated rings. The van der Waals surface area contributed by atoms with Crippen molar-refractivity contribution in [3.8, 4) is 17.4 Å². The van der Waals surface area contributed by atoms with Gasteiger partial charge >= 0.3 is 12.4 Å². The summed E-state index contributed by atoms with van der Waals surface area (Å²) < 4.78 is 58.9. The van der Waals surface area contributed by atoms with E-state index < -0.39 is 26.5 Å². The Bertz CT molecular complexity index is 1270. The summed E-state index contributed by atoms with van der Waals surface area (Å²) >= 11 is 0. The number of nitrogens with one attached hydrogen (secondary N) is 2. The van der Waals surface area contributed by atoms with Gasteiger partial charge in [-0.2, -0.15) is 0 Å². The van der Waals surface area contributed by atoms with Crippen LogP contribution in [-0.4, -0.2) is 38.9 Å². The molecule has 1 aromatic heterocycles. The predicted molar refractivity (Wildman–Crippen MR) is 149 cm³/mol. The molecule has 0 aliphatic rings. The zero-order valence-corrected chi connectivity index (χ0v) is 24.1. The number of hydrogen-bond donors (Lipinski definition) is 2. The summed E-state index contributed by atoms with van der Waals surface area (Å²) in [7, 11) is -1.85. The molecule has 1 heterocycles. The second kappa shape index (κ2) is 13.2. The smallest absolute Gasteiger partial charge is 0.437 e. The highest BCUT2D eigenvalue weighted by Crippen LogP contribution is 2.36. The fraction of sp³-hybridized carbons (Fsp3) is 0.357. The molecule has 12 heteroatoms. The molecular formula is C28H34F3N3O5Si. The molecule has 0 aliphatic carbocycles. The number of carbonyl (C=O) groups excluding carboxylic acids is 1. The van der Waals surface area contributed by atoms with Crippen molar-refractivity contribution in [3.05, 3.63) is 72.4 Å². The minimum Gasteiger partial charge on any atom is -0.437 e. The van der Waals surface area contributed by atoms with Crippen LogP contribution < -0.4 is 20.1 Å². The summed E-state index contributed by atoms with van der Waals surface area (Å²) in [6.07, 6.45) is -3.28. The van der Waals surface area contributed by atoms with E-state index in [1.165, 1.54) is 18.3 Å². The highest BCUT2D eigenvalue weighted by atomic mass is 28.4. The molecule has 0 radical (unpaired) electrons. The maximum atomic E-state index is 12.6. The Kier molecular flexibility index (Phi) is 10.2. The molecule has 8 nitrogen and oxygen atoms in total. The number of hydrogen-bond acceptors (Lipinski definition) is 6. The van der Waals surface area contributed by atoms with E-state index in [0.29, 0.717) is 25.6 Å². The Morgan fingerprint density at radius 2 is 1.62 bits per heavy atom. The highest BCUT2D eigenvalue weighted by molar-refractivity contribution is 6.74. The topological polar surface area (TPSA) is 90.9 Å². The third kappa shape index (κ3) is 9.54. The zero-order valence-electron chi connectivity index (χ0n) is 23.1. The number of aromatic nitrogens is 1. The van der Waals surface area contributed by atoms with Gasteiger partial charge in [0, 0.05) is 17.4 Å². The minimum absolute atomic E-state index is 0.120. The third-order valence-electron chi connectivity index (χ3n) is 6.30. The lowest BCUT2D eigenvalue weighted by molar-refractivity contribution is -0.274. The summed E-state index contributed by atoms with van der Waals surface area (Å²) in [5.74, 6) is 0.266. The number of halogens is 3. The van der Waals surface area contributed by atoms with Crippen LogP contribution in [0, 0.1) is 0 Å². The number of alkyl halides is 3. The molecule has 0 saturated carbocycles. The van der Waals surface area contributed by atoms with Gasteiger partial charge in [-0.1, -0.05) is 39.0 Å². The van der Waals surface area contributed by atoms with Gasteiger partial charge in [-0.15, -0.1) is 13.2 Å². The molecule has 0 atom stereocenters. The lowest BCUT2D eigenvalue weighted by Gasteiger charge is -2.36. The van der Waals surface area contributed by atoms with E-state index in [-0.39, 0.29) is 22.3 Å². The van der Waals surface area contributed by atoms with Crippen molar-refractivity contribution in [1.29, 1.82) is 0 Å². The minimum atomic E-state index is -4.80. The van der Waals surface area contributed by atoms with Crippen molar-refractivity contribution in [3.63, 3.8) is 0 Å². The normalized spacial score (nSPS) is 12.1. The van der Waals surface area contributed by atoms with Crippen LogP contribution in [-0.2, 0) is 15.8 Å². The summed E-state index contributed by atoms with van der Waals surface area (Å²) in [4.78, 5) is 16.8. The van der Waals surface area contributed by atoms with Gasteiger partial charge in [0.2, 0.25) is 5.88 Å². The number of rotatable bonds is 11. The van der Waals surface area contributed by atoms with E-state index in [4.69, 9.17) is 13.9 Å². The van der Waals surface area contributed by atoms with E-state index in [9.17, 15) is 18.0 Å². The lowest BCUT2D eigenvalue weighted by Crippen LogP contribution is -2.41. The summed E-state index contributed by atoms with van der Waals surface area (Å²) in [5, 5.41) is 5.31. The van der Waals surface area contributed by atoms with Crippen molar-refractivity contribution >= 4 is 25.7 Å². The number of para-hydroxylation sites is 1. The van der Waals surface area contributed by atoms with Gasteiger partial charge in [0.25, 0.3) is 0 Å². The number of nitrogens with zero attached hydrogens (tertiary/aromatic N) is 1. The predicted octanol–water partition coefficient (Wildman–Crippen LogP) is 7.95. The molecule has 0 bridgehead atoms. The highest BCUT2D eigenvalue weighted by Gasteiger charge is 2.36. The quantitative estimate of drug-likeness (QED) is 0.178. The zero-order chi connectivity index (χ0) is 29.4. The number of anilines is 2. The summed E-state index contributed by atoms with van der Waals surface area (Å²) in [5.41, 5.74) is 1.34. The van der Waals surface area contributed by atoms with Crippen LogP contribution >= 0.6 is 0 Å². The first kappa shape index (κ1) is 30.9. The Labute approximate surface area is 232 Å². The first-order valence-electron chi connectivity index (χ1n) is 12.6. The Balaban J connectivity index is 1.58. The number of ether oxygens (including phenoxy) is 3. The van der Waals surface area contributed by atoms with Crippen LogP contribution in [0.4, 0.5) is 29.3 Å². The molecule has 216 valence electrons. The second-order valence-corrected chi connectivity index (χ2v) is 15.2. The number of carbonyl (C=O) groups is 1. The van der Waals surface area contributed by atoms with Crippen LogP contribution in [0.25, 0.3) is 0 Å². The van der Waals surface area contributed by atoms with E-state index >= 15 is 0 Å². The first-order chi connectivity index (χ1) is 18.7. The Hall–Kier alpha value is -3.61. The molecule has 0 unspecified atom stereocenters. The van der Waals surface area contributed by atoms with Crippen LogP contribution in [0.15, 0.2) is 66.9 Å². The first-order valence-corrected chi connectivity index (χ1v) is 15.5. The molecule has 0 saturated heterocycles. The largest absolute Gasteiger partial charge is 0.573 e. The van der Waals surface area contributed by atoms with Gasteiger partial charge in [-0.05, 0) is 60.6 Å². The monoisotopic (exact) mass is 577 g/mol. The molecule has 3 aromatic rings. The van der Waals surface area contributed by atoms with Crippen LogP contribution in [0.2, 0.25) is 18.1 Å². The van der Waals surface area contributed by atoms with Crippen LogP contribution in [0.1, 0.15) is 26.3 Å². The maximum Gasteiger partial charge on any atom is 0.573 e. The average Bonchev–Trinajstić information content (AvgIpc) is 2.85. The number of amides is 2. The molecular weight excluding hydrogens is 543 g/mol. The SMILES string of the molecule is CC(C)(C)[Si](C)(C)OCCOCc1ccccc1Oc1ncccc1NC(=O)Nc1ccc(OC(F)(F)F)cc1. The van der Waals surface area contributed by atoms with Crippen molar-refractivity contribution in [2.45, 2.75) is 51.9 Å². The molecule has 0 spiro atoms. The number of urea groups is 1. The van der Waals surface area contributed by atoms with Crippen molar-refractivity contribution in [1.82, 2.24) is 4.98 Å². The standard InChI is InChI=1S/C28H34F3N3O5Si/c1-27(2,3)40(4,5)37-18-17-36-19-20-9-6-7-11-24(20)38-25-23(10-8-16-32-25)34-26(35)33-21-12-14-22(15-13-21)39-28(29,30)31/h6-16H,17-19H2,1-5H3,(H2,33,34,35). The molecule has 2 N–H and O–H groups in total. The second-order valence-electron chi connectivity index (χ2n) is 10.4. The van der Waals surface area contributed by atoms with Crippen LogP contribution in [0.3, 0.4) is 0 Å². The fourth-order valence-electron chi connectivity index (χ4n) is 3.17. The van der Waals surface area contributed by atoms with Crippen molar-refractivity contribution in [2.24, 2.45) is 0 Å². The Morgan fingerprint density at radius 1 is 0.925 bits per heavy atom. The maximum absolute atomic E-state index is 12.6. The number of pyridine rings is 1. The van der Waals surface area contributed by atoms with Crippen molar-refractivity contribution < 1.29 is 36.6 Å². The van der Waals surface area contributed by atoms with Gasteiger partial charge in [-0.3, -0.25) is 0 Å². The van der Waals surface area contributed by atoms with Gasteiger partial charge in [0.05, 0.1) is 19.8 Å². The molecule has 40 heavy (non-hydrogen) atoms. The van der Waals surface area contributed by atoms with E-state index in [2.05, 4.69) is 54.2 Å². The third-order valence-corrected chi connectivity index (χ3v) is 10.8. The molecule has 3 rings (SSSR count). The molecule has 2 aromatic carbocycles. The van der Waals surface area contributed by atoms with Gasteiger partial charge in [-0.25, -0.2) is 9.78 Å². The van der Waals surface area contributed by atoms with Gasteiger partial charge < -0.3 is 29.3 Å². The lowest BCUT2D eigenvalue weighted by atomic mass is 10.2. The summed E-state index contributed by atoms with van der Waals surface area (Å²) in [6, 6.07) is 14.7. The van der Waals surface area contributed by atoms with Crippen molar-refractivity contribution in [2.75, 3.05) is 23.8 Å². The van der Waals surface area contributed by atoms with Gasteiger partial charge in [0.15, 0.2) is 8.32 Å². The van der Waals surface area contributed by atoms with Gasteiger partial charge in [0.1, 0.15) is 17.2 Å². The van der Waals surface area contributed by atoms with E-state index in [1.54, 1.807) is 18.2 Å². The average molecular weight is 578 g/mol.